The number of hydrogen-bond acceptors (Lipinski definition) is 5. The molecule has 4 atom stereocenters. The summed E-state index contributed by atoms with van der Waals surface area (Å²) in [6.45, 7) is 1.05. The van der Waals surface area contributed by atoms with Gasteiger partial charge >= 0.3 is 6.18 Å². The fourth-order valence-corrected chi connectivity index (χ4v) is 4.71. The lowest BCUT2D eigenvalue weighted by Crippen LogP contribution is -2.36. The van der Waals surface area contributed by atoms with E-state index in [4.69, 9.17) is 0 Å². The highest BCUT2D eigenvalue weighted by Gasteiger charge is 2.44. The number of aromatic amines is 1. The molecule has 1 aliphatic heterocycles. The smallest absolute Gasteiger partial charge is 0.391 e. The molecule has 2 N–H and O–H groups in total. The van der Waals surface area contributed by atoms with E-state index in [-0.39, 0.29) is 34.8 Å². The van der Waals surface area contributed by atoms with E-state index in [0.717, 1.165) is 0 Å². The van der Waals surface area contributed by atoms with Crippen LogP contribution < -0.4 is 0 Å². The van der Waals surface area contributed by atoms with Crippen molar-refractivity contribution in [3.05, 3.63) is 42.2 Å². The van der Waals surface area contributed by atoms with Gasteiger partial charge in [-0.1, -0.05) is 0 Å². The van der Waals surface area contributed by atoms with Crippen LogP contribution in [0.5, 0.6) is 0 Å². The topological polar surface area (TPSA) is 99.9 Å². The van der Waals surface area contributed by atoms with Gasteiger partial charge in [0, 0.05) is 18.7 Å². The highest BCUT2D eigenvalue weighted by Crippen LogP contribution is 2.41. The number of hydrogen-bond donors (Lipinski definition) is 2. The molecule has 1 aliphatic carbocycles. The molecule has 1 saturated carbocycles. The Balaban J connectivity index is 1.34. The van der Waals surface area contributed by atoms with Crippen molar-refractivity contribution in [3.63, 3.8) is 0 Å². The summed E-state index contributed by atoms with van der Waals surface area (Å²) in [5, 5.41) is 14.7. The minimum Gasteiger partial charge on any atom is -0.391 e. The number of aliphatic hydroxyl groups excluding tert-OH is 1. The number of carbonyl (C=O) groups is 1. The Bertz CT molecular complexity index is 1080. The maximum Gasteiger partial charge on any atom is 0.449 e. The second-order valence-corrected chi connectivity index (χ2v) is 8.03. The summed E-state index contributed by atoms with van der Waals surface area (Å²) in [7, 11) is 0. The Morgan fingerprint density at radius 3 is 2.67 bits per heavy atom. The van der Waals surface area contributed by atoms with Crippen LogP contribution in [0.3, 0.4) is 0 Å². The molecule has 2 aliphatic rings. The first-order chi connectivity index (χ1) is 14.3. The minimum atomic E-state index is -4.57. The zero-order valence-electron chi connectivity index (χ0n) is 15.8. The third-order valence-electron chi connectivity index (χ3n) is 6.17. The molecule has 30 heavy (non-hydrogen) atoms. The standard InChI is InChI=1S/C19H19F3N6O2/c20-19(21,22)18-25-13-2-1-10(3-14(13)26-18)17(30)27-6-11-4-15(28-9-23-8-24-28)16(29)5-12(11)7-27/h1-3,8-9,11-12,15-16,29H,4-7H2,(H,25,26)/t11-,12+,15-,16-/m1/s1. The van der Waals surface area contributed by atoms with Gasteiger partial charge in [-0.15, -0.1) is 0 Å². The molecule has 158 valence electrons. The molecule has 0 spiro atoms. The molecule has 2 fully saturated rings. The van der Waals surface area contributed by atoms with Gasteiger partial charge < -0.3 is 15.0 Å². The number of halogens is 3. The number of imidazole rings is 1. The molecule has 3 heterocycles. The molecule has 2 aromatic heterocycles. The third kappa shape index (κ3) is 3.22. The summed E-state index contributed by atoms with van der Waals surface area (Å²) in [4.78, 5) is 24.4. The fourth-order valence-electron chi connectivity index (χ4n) is 4.71. The fraction of sp³-hybridized carbons (Fsp3) is 0.474. The van der Waals surface area contributed by atoms with Crippen LogP contribution in [-0.2, 0) is 6.18 Å². The number of nitrogens with zero attached hydrogens (tertiary/aromatic N) is 5. The van der Waals surface area contributed by atoms with Crippen molar-refractivity contribution in [1.29, 1.82) is 0 Å². The number of carbonyl (C=O) groups excluding carboxylic acids is 1. The van der Waals surface area contributed by atoms with Gasteiger partial charge in [-0.3, -0.25) is 4.79 Å². The normalized spacial score (nSPS) is 26.9. The van der Waals surface area contributed by atoms with Crippen molar-refractivity contribution in [3.8, 4) is 0 Å². The zero-order valence-corrected chi connectivity index (χ0v) is 15.8. The van der Waals surface area contributed by atoms with Gasteiger partial charge in [0.25, 0.3) is 5.91 Å². The lowest BCUT2D eigenvalue weighted by molar-refractivity contribution is -0.144. The monoisotopic (exact) mass is 420 g/mol. The maximum atomic E-state index is 13.0. The number of fused-ring (bicyclic) bond motifs is 2. The van der Waals surface area contributed by atoms with E-state index in [9.17, 15) is 23.1 Å². The van der Waals surface area contributed by atoms with Gasteiger partial charge in [-0.2, -0.15) is 18.3 Å². The van der Waals surface area contributed by atoms with Crippen molar-refractivity contribution >= 4 is 16.9 Å². The average Bonchev–Trinajstić information content (AvgIpc) is 3.43. The predicted octanol–water partition coefficient (Wildman–Crippen LogP) is 2.26. The first kappa shape index (κ1) is 19.0. The molecule has 1 aromatic carbocycles. The molecule has 11 heteroatoms. The van der Waals surface area contributed by atoms with Crippen molar-refractivity contribution in [2.45, 2.75) is 31.2 Å². The second-order valence-electron chi connectivity index (χ2n) is 8.03. The van der Waals surface area contributed by atoms with Gasteiger partial charge in [-0.05, 0) is 42.9 Å². The zero-order chi connectivity index (χ0) is 21.0. The van der Waals surface area contributed by atoms with E-state index < -0.39 is 18.1 Å². The average molecular weight is 420 g/mol. The summed E-state index contributed by atoms with van der Waals surface area (Å²) in [6, 6.07) is 4.16. The van der Waals surface area contributed by atoms with Crippen LogP contribution in [0.15, 0.2) is 30.9 Å². The Kier molecular flexibility index (Phi) is 4.31. The largest absolute Gasteiger partial charge is 0.449 e. The van der Waals surface area contributed by atoms with E-state index in [1.54, 1.807) is 15.9 Å². The maximum absolute atomic E-state index is 13.0. The lowest BCUT2D eigenvalue weighted by atomic mass is 9.77. The molecular weight excluding hydrogens is 401 g/mol. The Hall–Kier alpha value is -2.95. The number of amides is 1. The SMILES string of the molecule is O=C(c1ccc2nc(C(F)(F)F)[nH]c2c1)N1C[C@H]2C[C@@H](n3cncn3)[C@H](O)C[C@H]2C1. The third-order valence-corrected chi connectivity index (χ3v) is 6.17. The number of aliphatic hydroxyl groups is 1. The Morgan fingerprint density at radius 1 is 1.20 bits per heavy atom. The van der Waals surface area contributed by atoms with Crippen LogP contribution in [-0.4, -0.2) is 59.8 Å². The molecule has 8 nitrogen and oxygen atoms in total. The van der Waals surface area contributed by atoms with Crippen molar-refractivity contribution < 1.29 is 23.1 Å². The minimum absolute atomic E-state index is 0.160. The highest BCUT2D eigenvalue weighted by atomic mass is 19.4. The number of likely N-dealkylation sites (tertiary alicyclic amines) is 1. The van der Waals surface area contributed by atoms with Crippen LogP contribution >= 0.6 is 0 Å². The van der Waals surface area contributed by atoms with Crippen LogP contribution in [0, 0.1) is 11.8 Å². The number of alkyl halides is 3. The molecular formula is C19H19F3N6O2. The van der Waals surface area contributed by atoms with Crippen LogP contribution in [0.4, 0.5) is 13.2 Å². The highest BCUT2D eigenvalue weighted by molar-refractivity contribution is 5.97. The second kappa shape index (κ2) is 6.79. The number of nitrogens with one attached hydrogen (secondary N) is 1. The molecule has 1 saturated heterocycles. The van der Waals surface area contributed by atoms with E-state index in [1.165, 1.54) is 24.5 Å². The van der Waals surface area contributed by atoms with Crippen molar-refractivity contribution in [1.82, 2.24) is 29.6 Å². The Labute approximate surface area is 168 Å². The molecule has 0 radical (unpaired) electrons. The number of aromatic nitrogens is 5. The summed E-state index contributed by atoms with van der Waals surface area (Å²) >= 11 is 0. The number of benzene rings is 1. The first-order valence-corrected chi connectivity index (χ1v) is 9.68. The van der Waals surface area contributed by atoms with Crippen molar-refractivity contribution in [2.75, 3.05) is 13.1 Å². The van der Waals surface area contributed by atoms with E-state index >= 15 is 0 Å². The number of H-pyrrole nitrogens is 1. The van der Waals surface area contributed by atoms with Gasteiger partial charge in [0.2, 0.25) is 5.82 Å². The molecule has 0 unspecified atom stereocenters. The van der Waals surface area contributed by atoms with Crippen LogP contribution in [0.25, 0.3) is 11.0 Å². The molecule has 0 bridgehead atoms. The molecule has 3 aromatic rings. The van der Waals surface area contributed by atoms with E-state index in [2.05, 4.69) is 20.1 Å². The van der Waals surface area contributed by atoms with Crippen LogP contribution in [0.1, 0.15) is 35.1 Å². The predicted molar refractivity (Wildman–Crippen MR) is 98.3 cm³/mol. The molecule has 5 rings (SSSR count). The van der Waals surface area contributed by atoms with E-state index in [1.807, 2.05) is 0 Å². The number of rotatable bonds is 2. The summed E-state index contributed by atoms with van der Waals surface area (Å²) in [5.41, 5.74) is 0.645. The van der Waals surface area contributed by atoms with Crippen LogP contribution in [0.2, 0.25) is 0 Å². The van der Waals surface area contributed by atoms with Gasteiger partial charge in [0.15, 0.2) is 0 Å². The van der Waals surface area contributed by atoms with E-state index in [0.29, 0.717) is 31.5 Å². The quantitative estimate of drug-likeness (QED) is 0.663. The molecule has 1 amide bonds. The first-order valence-electron chi connectivity index (χ1n) is 9.68. The Morgan fingerprint density at radius 2 is 1.97 bits per heavy atom. The van der Waals surface area contributed by atoms with Crippen molar-refractivity contribution in [2.24, 2.45) is 11.8 Å². The van der Waals surface area contributed by atoms with Gasteiger partial charge in [0.05, 0.1) is 23.2 Å². The summed E-state index contributed by atoms with van der Waals surface area (Å²) in [6.07, 6.45) is -0.874. The summed E-state index contributed by atoms with van der Waals surface area (Å²) in [5.74, 6) is -0.917. The lowest BCUT2D eigenvalue weighted by Gasteiger charge is -2.34. The van der Waals surface area contributed by atoms with Gasteiger partial charge in [0.1, 0.15) is 12.7 Å². The summed E-state index contributed by atoms with van der Waals surface area (Å²) < 4.78 is 40.3. The van der Waals surface area contributed by atoms with Gasteiger partial charge in [-0.25, -0.2) is 14.6 Å².